The van der Waals surface area contributed by atoms with Gasteiger partial charge in [0.15, 0.2) is 14.7 Å². The number of carbonyl (C=O) groups excluding carboxylic acids is 1. The largest absolute Gasteiger partial charge is 0.462 e. The highest BCUT2D eigenvalue weighted by Gasteiger charge is 2.44. The standard InChI is InChI=1S/C32H49O7PSi/c1-22-17-24-14-13-23(2)28(16-15-26-19-27(20-30(33)37-26)39-41(6,7)32(3,4)5)31(24)29(18-22)36-21-40(34,35)38-25-11-9-8-10-12-25/h8-14,17,22-23,26-29,31H,15-16,18-21H2,1-7H3,(H,34,35)/t22-,23-,26+,27+,28-,29-,31-/m0/s1. The van der Waals surface area contributed by atoms with Crippen LogP contribution in [0.4, 0.5) is 0 Å². The van der Waals surface area contributed by atoms with E-state index in [0.717, 1.165) is 25.7 Å². The molecular weight excluding hydrogens is 555 g/mol. The molecule has 1 aromatic carbocycles. The monoisotopic (exact) mass is 604 g/mol. The van der Waals surface area contributed by atoms with E-state index in [1.165, 1.54) is 5.57 Å². The van der Waals surface area contributed by atoms with E-state index in [-0.39, 0.29) is 47.5 Å². The zero-order valence-corrected chi connectivity index (χ0v) is 27.6. The van der Waals surface area contributed by atoms with E-state index in [1.807, 2.05) is 6.07 Å². The summed E-state index contributed by atoms with van der Waals surface area (Å²) < 4.78 is 37.0. The second-order valence-corrected chi connectivity index (χ2v) is 20.3. The molecule has 9 heteroatoms. The summed E-state index contributed by atoms with van der Waals surface area (Å²) in [6.07, 6.45) is 9.37. The Hall–Kier alpha value is -1.70. The van der Waals surface area contributed by atoms with Crippen LogP contribution in [0, 0.1) is 23.7 Å². The van der Waals surface area contributed by atoms with Crippen LogP contribution in [-0.2, 0) is 23.3 Å². The smallest absolute Gasteiger partial charge is 0.402 e. The summed E-state index contributed by atoms with van der Waals surface area (Å²) in [5.74, 6) is 1.14. The number of carbonyl (C=O) groups is 1. The first-order valence-electron chi connectivity index (χ1n) is 15.1. The molecule has 1 fully saturated rings. The maximum Gasteiger partial charge on any atom is 0.402 e. The van der Waals surface area contributed by atoms with Gasteiger partial charge in [0.05, 0.1) is 18.6 Å². The number of allylic oxidation sites excluding steroid dienone is 3. The van der Waals surface area contributed by atoms with Crippen molar-refractivity contribution in [3.63, 3.8) is 0 Å². The third-order valence-corrected chi connectivity index (χ3v) is 14.9. The third kappa shape index (κ3) is 8.44. The van der Waals surface area contributed by atoms with E-state index in [1.54, 1.807) is 24.3 Å². The average molecular weight is 605 g/mol. The van der Waals surface area contributed by atoms with E-state index in [0.29, 0.717) is 24.0 Å². The normalized spacial score (nSPS) is 32.0. The van der Waals surface area contributed by atoms with Gasteiger partial charge in [-0.05, 0) is 72.9 Å². The molecular formula is C32H49O7PSi. The Balaban J connectivity index is 1.42. The van der Waals surface area contributed by atoms with Crippen LogP contribution < -0.4 is 4.52 Å². The lowest BCUT2D eigenvalue weighted by Crippen LogP contribution is -2.47. The molecule has 2 aliphatic carbocycles. The second kappa shape index (κ2) is 12.9. The molecule has 0 saturated carbocycles. The van der Waals surface area contributed by atoms with Gasteiger partial charge in [-0.1, -0.05) is 71.0 Å². The van der Waals surface area contributed by atoms with Crippen molar-refractivity contribution in [2.75, 3.05) is 6.35 Å². The topological polar surface area (TPSA) is 91.3 Å². The Morgan fingerprint density at radius 2 is 1.80 bits per heavy atom. The van der Waals surface area contributed by atoms with Crippen LogP contribution in [-0.4, -0.2) is 43.8 Å². The highest BCUT2D eigenvalue weighted by molar-refractivity contribution is 7.53. The van der Waals surface area contributed by atoms with Crippen molar-refractivity contribution >= 4 is 21.9 Å². The van der Waals surface area contributed by atoms with E-state index in [9.17, 15) is 14.3 Å². The van der Waals surface area contributed by atoms with Crippen LogP contribution in [0.2, 0.25) is 18.1 Å². The van der Waals surface area contributed by atoms with E-state index >= 15 is 0 Å². The highest BCUT2D eigenvalue weighted by atomic mass is 31.2. The molecule has 1 N–H and O–H groups in total. The molecule has 1 saturated heterocycles. The van der Waals surface area contributed by atoms with Crippen LogP contribution in [0.5, 0.6) is 5.75 Å². The number of cyclic esters (lactones) is 1. The van der Waals surface area contributed by atoms with Gasteiger partial charge >= 0.3 is 13.6 Å². The van der Waals surface area contributed by atoms with Gasteiger partial charge in [0.25, 0.3) is 0 Å². The highest BCUT2D eigenvalue weighted by Crippen LogP contribution is 2.48. The summed E-state index contributed by atoms with van der Waals surface area (Å²) in [6, 6.07) is 8.69. The SMILES string of the molecule is C[C@H]1C=C2C=C[C@H](C)[C@H](CC[C@@H]3C[C@@H](O[Si](C)(C)C(C)(C)C)CC(=O)O3)[C@H]2[C@@H](OCP(=O)(O)Oc2ccccc2)C1. The van der Waals surface area contributed by atoms with E-state index < -0.39 is 15.9 Å². The Labute approximate surface area is 247 Å². The Bertz CT molecular complexity index is 1160. The summed E-state index contributed by atoms with van der Waals surface area (Å²) in [5.41, 5.74) is 1.23. The number of rotatable bonds is 10. The van der Waals surface area contributed by atoms with Gasteiger partial charge < -0.3 is 23.3 Å². The number of hydrogen-bond donors (Lipinski definition) is 1. The van der Waals surface area contributed by atoms with Crippen molar-refractivity contribution in [1.29, 1.82) is 0 Å². The lowest BCUT2D eigenvalue weighted by Gasteiger charge is -2.44. The molecule has 4 rings (SSSR count). The van der Waals surface area contributed by atoms with Gasteiger partial charge in [-0.3, -0.25) is 4.79 Å². The maximum absolute atomic E-state index is 12.9. The summed E-state index contributed by atoms with van der Waals surface area (Å²) in [7, 11) is -5.99. The molecule has 0 bridgehead atoms. The fourth-order valence-electron chi connectivity index (χ4n) is 6.22. The van der Waals surface area contributed by atoms with Crippen molar-refractivity contribution in [3.8, 4) is 5.75 Å². The van der Waals surface area contributed by atoms with Crippen LogP contribution in [0.1, 0.15) is 66.7 Å². The molecule has 1 aliphatic heterocycles. The molecule has 0 spiro atoms. The minimum Gasteiger partial charge on any atom is -0.462 e. The Morgan fingerprint density at radius 1 is 1.10 bits per heavy atom. The number of fused-ring (bicyclic) bond motifs is 1. The van der Waals surface area contributed by atoms with Crippen molar-refractivity contribution in [3.05, 3.63) is 54.1 Å². The fraction of sp³-hybridized carbons (Fsp3) is 0.656. The maximum atomic E-state index is 12.9. The first-order chi connectivity index (χ1) is 19.1. The Kier molecular flexibility index (Phi) is 10.1. The quantitative estimate of drug-likeness (QED) is 0.165. The number of ether oxygens (including phenoxy) is 2. The fourth-order valence-corrected chi connectivity index (χ4v) is 8.47. The molecule has 41 heavy (non-hydrogen) atoms. The molecule has 228 valence electrons. The molecule has 7 nitrogen and oxygen atoms in total. The molecule has 1 aromatic rings. The molecule has 3 aliphatic rings. The first-order valence-corrected chi connectivity index (χ1v) is 19.8. The summed E-state index contributed by atoms with van der Waals surface area (Å²) in [4.78, 5) is 23.1. The molecule has 1 heterocycles. The van der Waals surface area contributed by atoms with Gasteiger partial charge in [0, 0.05) is 12.3 Å². The van der Waals surface area contributed by atoms with Crippen molar-refractivity contribution in [1.82, 2.24) is 0 Å². The first kappa shape index (κ1) is 32.2. The second-order valence-electron chi connectivity index (χ2n) is 13.8. The molecule has 8 atom stereocenters. The predicted octanol–water partition coefficient (Wildman–Crippen LogP) is 7.87. The van der Waals surface area contributed by atoms with Crippen molar-refractivity contribution in [2.24, 2.45) is 23.7 Å². The zero-order chi connectivity index (χ0) is 30.0. The van der Waals surface area contributed by atoms with Gasteiger partial charge in [-0.15, -0.1) is 0 Å². The lowest BCUT2D eigenvalue weighted by molar-refractivity contribution is -0.160. The predicted molar refractivity (Wildman–Crippen MR) is 164 cm³/mol. The Morgan fingerprint density at radius 3 is 2.49 bits per heavy atom. The molecule has 0 aromatic heterocycles. The lowest BCUT2D eigenvalue weighted by atomic mass is 9.65. The summed E-state index contributed by atoms with van der Waals surface area (Å²) >= 11 is 0. The number of esters is 1. The van der Waals surface area contributed by atoms with Crippen LogP contribution in [0.3, 0.4) is 0 Å². The van der Waals surface area contributed by atoms with Gasteiger partial charge in [0.2, 0.25) is 0 Å². The number of hydrogen-bond acceptors (Lipinski definition) is 6. The average Bonchev–Trinajstić information content (AvgIpc) is 2.86. The summed E-state index contributed by atoms with van der Waals surface area (Å²) in [5, 5.41) is 0.0776. The third-order valence-electron chi connectivity index (χ3n) is 9.35. The number of para-hydroxylation sites is 1. The van der Waals surface area contributed by atoms with Crippen molar-refractivity contribution in [2.45, 2.75) is 103 Å². The molecule has 0 amide bonds. The van der Waals surface area contributed by atoms with Crippen LogP contribution in [0.25, 0.3) is 0 Å². The van der Waals surface area contributed by atoms with E-state index in [4.69, 9.17) is 18.4 Å². The summed E-state index contributed by atoms with van der Waals surface area (Å²) in [6.45, 7) is 15.5. The number of benzene rings is 1. The van der Waals surface area contributed by atoms with Crippen LogP contribution in [0.15, 0.2) is 54.1 Å². The van der Waals surface area contributed by atoms with Gasteiger partial charge in [-0.2, -0.15) is 0 Å². The van der Waals surface area contributed by atoms with Gasteiger partial charge in [0.1, 0.15) is 11.9 Å². The minimum absolute atomic E-state index is 0.0776. The van der Waals surface area contributed by atoms with Crippen molar-refractivity contribution < 1.29 is 32.7 Å². The van der Waals surface area contributed by atoms with E-state index in [2.05, 4.69) is 65.9 Å². The van der Waals surface area contributed by atoms with Gasteiger partial charge in [-0.25, -0.2) is 4.57 Å². The zero-order valence-electron chi connectivity index (χ0n) is 25.7. The minimum atomic E-state index is -3.99. The van der Waals surface area contributed by atoms with Crippen LogP contribution >= 0.6 is 7.60 Å². The molecule has 0 radical (unpaired) electrons. The molecule has 1 unspecified atom stereocenters.